The van der Waals surface area contributed by atoms with Crippen molar-refractivity contribution in [3.05, 3.63) is 59.5 Å². The van der Waals surface area contributed by atoms with Gasteiger partial charge in [-0.3, -0.25) is 14.4 Å². The van der Waals surface area contributed by atoms with Gasteiger partial charge in [0.25, 0.3) is 5.91 Å². The van der Waals surface area contributed by atoms with Gasteiger partial charge in [-0.05, 0) is 57.9 Å². The van der Waals surface area contributed by atoms with Crippen LogP contribution < -0.4 is 26.4 Å². The number of nitrogens with zero attached hydrogens (tertiary/aromatic N) is 3. The van der Waals surface area contributed by atoms with E-state index in [-0.39, 0.29) is 61.1 Å². The molecule has 0 saturated carbocycles. The number of amides is 5. The molecule has 1 aromatic heterocycles. The third-order valence-electron chi connectivity index (χ3n) is 8.57. The molecule has 2 heterocycles. The fraction of sp³-hybridized carbons (Fsp3) is 0.457. The first-order chi connectivity index (χ1) is 23.4. The van der Waals surface area contributed by atoms with Crippen LogP contribution in [0.5, 0.6) is 5.75 Å². The third-order valence-corrected chi connectivity index (χ3v) is 8.57. The van der Waals surface area contributed by atoms with E-state index in [1.165, 1.54) is 4.90 Å². The van der Waals surface area contributed by atoms with Gasteiger partial charge in [0.05, 0.1) is 41.8 Å². The zero-order valence-corrected chi connectivity index (χ0v) is 28.7. The monoisotopic (exact) mass is 677 g/mol. The fourth-order valence-electron chi connectivity index (χ4n) is 5.56. The van der Waals surface area contributed by atoms with Crippen molar-refractivity contribution in [1.82, 2.24) is 15.0 Å². The summed E-state index contributed by atoms with van der Waals surface area (Å²) in [6, 6.07) is 11.1. The number of fused-ring (bicyclic) bond motifs is 1. The third kappa shape index (κ3) is 9.50. The van der Waals surface area contributed by atoms with E-state index in [1.54, 1.807) is 75.2 Å². The number of unbranched alkanes of at least 4 members (excludes halogenated alkanes) is 2. The summed E-state index contributed by atoms with van der Waals surface area (Å²) in [7, 11) is 1.64. The van der Waals surface area contributed by atoms with Crippen LogP contribution in [-0.4, -0.2) is 82.7 Å². The number of benzene rings is 2. The number of urea groups is 1. The van der Waals surface area contributed by atoms with E-state index in [0.717, 1.165) is 0 Å². The zero-order valence-electron chi connectivity index (χ0n) is 28.7. The average Bonchev–Trinajstić information content (AvgIpc) is 3.39. The molecule has 0 saturated heterocycles. The van der Waals surface area contributed by atoms with E-state index in [9.17, 15) is 24.3 Å². The lowest BCUT2D eigenvalue weighted by molar-refractivity contribution is -0.116. The molecule has 1 aliphatic heterocycles. The normalized spacial score (nSPS) is 16.4. The lowest BCUT2D eigenvalue weighted by atomic mass is 9.99. The largest absolute Gasteiger partial charge is 0.485 e. The van der Waals surface area contributed by atoms with Gasteiger partial charge in [0, 0.05) is 32.4 Å². The van der Waals surface area contributed by atoms with Crippen LogP contribution in [0.3, 0.4) is 0 Å². The summed E-state index contributed by atoms with van der Waals surface area (Å²) in [5.74, 6) is -0.335. The van der Waals surface area contributed by atoms with Gasteiger partial charge in [-0.2, -0.15) is 0 Å². The summed E-state index contributed by atoms with van der Waals surface area (Å²) in [6.07, 6.45) is 1.71. The van der Waals surface area contributed by atoms with E-state index in [0.29, 0.717) is 59.9 Å². The van der Waals surface area contributed by atoms with Crippen molar-refractivity contribution in [2.24, 2.45) is 5.92 Å². The molecule has 264 valence electrons. The summed E-state index contributed by atoms with van der Waals surface area (Å²) in [5, 5.41) is 22.4. The molecule has 6 N–H and O–H groups in total. The maximum absolute atomic E-state index is 13.8. The minimum Gasteiger partial charge on any atom is -0.485 e. The van der Waals surface area contributed by atoms with Crippen molar-refractivity contribution in [2.75, 3.05) is 48.4 Å². The van der Waals surface area contributed by atoms with Gasteiger partial charge >= 0.3 is 6.03 Å². The second-order valence-corrected chi connectivity index (χ2v) is 12.6. The predicted octanol–water partition coefficient (Wildman–Crippen LogP) is 4.79. The molecule has 0 unspecified atom stereocenters. The smallest absolute Gasteiger partial charge is 0.321 e. The summed E-state index contributed by atoms with van der Waals surface area (Å²) in [4.78, 5) is 55.4. The number of carbonyl (C=O) groups excluding carboxylic acids is 4. The Morgan fingerprint density at radius 2 is 1.67 bits per heavy atom. The molecule has 3 atom stereocenters. The first-order valence-corrected chi connectivity index (χ1v) is 16.5. The molecule has 0 aliphatic carbocycles. The number of aliphatic hydroxyl groups is 1. The minimum atomic E-state index is -0.587. The van der Waals surface area contributed by atoms with Crippen LogP contribution in [0.15, 0.2) is 47.0 Å². The van der Waals surface area contributed by atoms with Crippen molar-refractivity contribution < 1.29 is 33.5 Å². The maximum Gasteiger partial charge on any atom is 0.321 e. The number of hydrogen-bond acceptors (Lipinski definition) is 9. The maximum atomic E-state index is 13.8. The number of aryl methyl sites for hydroxylation is 2. The van der Waals surface area contributed by atoms with Gasteiger partial charge in [0.1, 0.15) is 17.5 Å². The Kier molecular flexibility index (Phi) is 12.6. The number of para-hydroxylation sites is 3. The summed E-state index contributed by atoms with van der Waals surface area (Å²) >= 11 is 0. The van der Waals surface area contributed by atoms with Crippen LogP contribution in [0.25, 0.3) is 0 Å². The van der Waals surface area contributed by atoms with Gasteiger partial charge < -0.3 is 45.9 Å². The van der Waals surface area contributed by atoms with E-state index >= 15 is 0 Å². The van der Waals surface area contributed by atoms with Gasteiger partial charge in [-0.25, -0.2) is 4.79 Å². The van der Waals surface area contributed by atoms with Gasteiger partial charge in [-0.1, -0.05) is 36.7 Å². The number of likely N-dealkylation sites (N-methyl/N-ethyl adjacent to an activating group) is 1. The molecule has 49 heavy (non-hydrogen) atoms. The summed E-state index contributed by atoms with van der Waals surface area (Å²) in [5.41, 5.74) is 8.57. The van der Waals surface area contributed by atoms with Crippen LogP contribution >= 0.6 is 0 Å². The number of ether oxygens (including phenoxy) is 1. The zero-order chi connectivity index (χ0) is 35.7. The predicted molar refractivity (Wildman–Crippen MR) is 186 cm³/mol. The number of rotatable bonds is 13. The second-order valence-electron chi connectivity index (χ2n) is 12.6. The molecule has 3 aromatic rings. The van der Waals surface area contributed by atoms with E-state index in [4.69, 9.17) is 15.0 Å². The highest BCUT2D eigenvalue weighted by molar-refractivity contribution is 6.01. The van der Waals surface area contributed by atoms with Crippen molar-refractivity contribution >= 4 is 46.5 Å². The highest BCUT2D eigenvalue weighted by atomic mass is 16.5. The number of anilines is 4. The van der Waals surface area contributed by atoms with Gasteiger partial charge in [0.15, 0.2) is 11.5 Å². The minimum absolute atomic E-state index is 0.146. The number of aliphatic hydroxyl groups excluding tert-OH is 1. The average molecular weight is 678 g/mol. The molecule has 4 rings (SSSR count). The standard InChI is InChI=1S/C35H47N7O7/c1-21-18-42(22(2)20-43)34(46)25-12-11-15-28(33(25)48-29(21)19-41(5)35(47)39-32-23(3)40-49-24(32)4)38-31(45)17-8-6-7-16-30(44)37-27-14-10-9-13-26(27)36/h9-15,21-22,29,43H,6-8,16-20,36H2,1-5H3,(H,37,44)(H,38,45)(H,39,47)/t21-,22+,29-/m1/s1. The molecular weight excluding hydrogens is 630 g/mol. The Hall–Kier alpha value is -5.11. The fourth-order valence-corrected chi connectivity index (χ4v) is 5.56. The number of hydrogen-bond donors (Lipinski definition) is 5. The molecule has 1 aliphatic rings. The quantitative estimate of drug-likeness (QED) is 0.125. The Balaban J connectivity index is 1.43. The molecule has 2 aromatic carbocycles. The van der Waals surface area contributed by atoms with Crippen LogP contribution in [0.1, 0.15) is 67.8 Å². The van der Waals surface area contributed by atoms with Crippen LogP contribution in [0.4, 0.5) is 27.5 Å². The number of carbonyl (C=O) groups is 4. The highest BCUT2D eigenvalue weighted by Gasteiger charge is 2.35. The summed E-state index contributed by atoms with van der Waals surface area (Å²) < 4.78 is 11.7. The lowest BCUT2D eigenvalue weighted by Crippen LogP contribution is -2.50. The van der Waals surface area contributed by atoms with E-state index < -0.39 is 18.2 Å². The SMILES string of the molecule is Cc1noc(C)c1NC(=O)N(C)C[C@H]1Oc2c(NC(=O)CCCCCC(=O)Nc3ccccc3N)cccc2C(=O)N([C@@H](C)CO)C[C@H]1C. The first-order valence-electron chi connectivity index (χ1n) is 16.5. The van der Waals surface area contributed by atoms with Crippen LogP contribution in [0, 0.1) is 19.8 Å². The van der Waals surface area contributed by atoms with Crippen molar-refractivity contribution in [3.8, 4) is 5.75 Å². The van der Waals surface area contributed by atoms with Crippen molar-refractivity contribution in [3.63, 3.8) is 0 Å². The number of aromatic nitrogens is 1. The van der Waals surface area contributed by atoms with Crippen LogP contribution in [-0.2, 0) is 9.59 Å². The number of nitrogens with two attached hydrogens (primary N) is 1. The molecule has 5 amide bonds. The Morgan fingerprint density at radius 1 is 1.02 bits per heavy atom. The molecule has 0 bridgehead atoms. The Labute approximate surface area is 286 Å². The number of nitrogens with one attached hydrogen (secondary N) is 3. The summed E-state index contributed by atoms with van der Waals surface area (Å²) in [6.45, 7) is 7.30. The van der Waals surface area contributed by atoms with Crippen molar-refractivity contribution in [2.45, 2.75) is 71.9 Å². The second kappa shape index (κ2) is 16.8. The van der Waals surface area contributed by atoms with Crippen molar-refractivity contribution in [1.29, 1.82) is 0 Å². The van der Waals surface area contributed by atoms with Gasteiger partial charge in [0.2, 0.25) is 11.8 Å². The Bertz CT molecular complexity index is 1620. The molecular formula is C35H47N7O7. The molecule has 0 fully saturated rings. The van der Waals surface area contributed by atoms with Crippen LogP contribution in [0.2, 0.25) is 0 Å². The number of nitrogen functional groups attached to an aromatic ring is 1. The molecule has 0 radical (unpaired) electrons. The molecule has 14 heteroatoms. The topological polar surface area (TPSA) is 192 Å². The Morgan fingerprint density at radius 3 is 2.31 bits per heavy atom. The molecule has 14 nitrogen and oxygen atoms in total. The van der Waals surface area contributed by atoms with Gasteiger partial charge in [-0.15, -0.1) is 0 Å². The van der Waals surface area contributed by atoms with E-state index in [1.807, 2.05) is 6.92 Å². The lowest BCUT2D eigenvalue weighted by Gasteiger charge is -2.38. The highest BCUT2D eigenvalue weighted by Crippen LogP contribution is 2.35. The first kappa shape index (κ1) is 36.7. The van der Waals surface area contributed by atoms with E-state index in [2.05, 4.69) is 21.1 Å². The molecule has 0 spiro atoms.